The molecule has 0 bridgehead atoms. The Bertz CT molecular complexity index is 2730. The molecule has 1 heteroatoms. The molecule has 0 saturated carbocycles. The first-order valence-corrected chi connectivity index (χ1v) is 19.4. The maximum absolute atomic E-state index is 2.47. The highest BCUT2D eigenvalue weighted by molar-refractivity contribution is 5.98. The van der Waals surface area contributed by atoms with E-state index in [1.165, 1.54) is 77.9 Å². The highest BCUT2D eigenvalue weighted by Gasteiger charge is 2.38. The van der Waals surface area contributed by atoms with E-state index in [0.29, 0.717) is 0 Å². The van der Waals surface area contributed by atoms with E-state index in [1.807, 2.05) is 0 Å². The van der Waals surface area contributed by atoms with Gasteiger partial charge >= 0.3 is 0 Å². The van der Waals surface area contributed by atoms with Crippen LogP contribution in [0.3, 0.4) is 0 Å². The molecule has 0 fully saturated rings. The topological polar surface area (TPSA) is 3.24 Å². The molecule has 2 aliphatic carbocycles. The van der Waals surface area contributed by atoms with Gasteiger partial charge in [0.25, 0.3) is 0 Å². The summed E-state index contributed by atoms with van der Waals surface area (Å²) < 4.78 is 0. The maximum atomic E-state index is 2.47. The summed E-state index contributed by atoms with van der Waals surface area (Å²) in [5, 5.41) is 0. The fourth-order valence-corrected chi connectivity index (χ4v) is 9.42. The van der Waals surface area contributed by atoms with Crippen molar-refractivity contribution in [3.8, 4) is 55.6 Å². The maximum Gasteiger partial charge on any atom is 0.0540 e. The van der Waals surface area contributed by atoms with Gasteiger partial charge in [-0.15, -0.1) is 0 Å². The third-order valence-electron chi connectivity index (χ3n) is 12.3. The van der Waals surface area contributed by atoms with E-state index < -0.39 is 0 Å². The zero-order valence-electron chi connectivity index (χ0n) is 31.8. The summed E-state index contributed by atoms with van der Waals surface area (Å²) in [4.78, 5) is 2.47. The van der Waals surface area contributed by atoms with Gasteiger partial charge in [-0.2, -0.15) is 0 Å². The Morgan fingerprint density at radius 2 is 0.764 bits per heavy atom. The molecule has 10 rings (SSSR count). The number of nitrogens with zero attached hydrogens (tertiary/aromatic N) is 1. The second-order valence-electron chi connectivity index (χ2n) is 16.1. The van der Waals surface area contributed by atoms with Crippen molar-refractivity contribution < 1.29 is 0 Å². The van der Waals surface area contributed by atoms with Crippen LogP contribution in [0.2, 0.25) is 0 Å². The highest BCUT2D eigenvalue weighted by atomic mass is 15.1. The van der Waals surface area contributed by atoms with E-state index in [0.717, 1.165) is 17.1 Å². The molecule has 55 heavy (non-hydrogen) atoms. The van der Waals surface area contributed by atoms with E-state index in [-0.39, 0.29) is 10.8 Å². The number of fused-ring (bicyclic) bond motifs is 6. The molecule has 0 spiro atoms. The van der Waals surface area contributed by atoms with Crippen LogP contribution in [-0.4, -0.2) is 0 Å². The van der Waals surface area contributed by atoms with E-state index in [1.54, 1.807) is 0 Å². The van der Waals surface area contributed by atoms with Crippen LogP contribution in [0.5, 0.6) is 0 Å². The molecule has 2 aliphatic rings. The Morgan fingerprint density at radius 1 is 0.309 bits per heavy atom. The van der Waals surface area contributed by atoms with Crippen molar-refractivity contribution in [3.63, 3.8) is 0 Å². The third kappa shape index (κ3) is 5.22. The number of benzene rings is 8. The van der Waals surface area contributed by atoms with E-state index in [4.69, 9.17) is 0 Å². The van der Waals surface area contributed by atoms with Crippen molar-refractivity contribution in [1.29, 1.82) is 0 Å². The van der Waals surface area contributed by atoms with Crippen molar-refractivity contribution in [2.75, 3.05) is 4.90 Å². The molecule has 264 valence electrons. The van der Waals surface area contributed by atoms with Gasteiger partial charge < -0.3 is 4.90 Å². The summed E-state index contributed by atoms with van der Waals surface area (Å²) in [7, 11) is 0. The molecule has 1 nitrogen and oxygen atoms in total. The summed E-state index contributed by atoms with van der Waals surface area (Å²) in [5.74, 6) is 0. The van der Waals surface area contributed by atoms with Gasteiger partial charge in [0.15, 0.2) is 0 Å². The summed E-state index contributed by atoms with van der Waals surface area (Å²) in [5.41, 5.74) is 21.4. The molecule has 8 aromatic carbocycles. The fourth-order valence-electron chi connectivity index (χ4n) is 9.42. The Hall–Kier alpha value is -6.44. The molecule has 0 atom stereocenters. The Labute approximate surface area is 325 Å². The molecule has 0 aliphatic heterocycles. The minimum Gasteiger partial charge on any atom is -0.310 e. The molecule has 0 radical (unpaired) electrons. The zero-order valence-corrected chi connectivity index (χ0v) is 31.8. The minimum atomic E-state index is -0.113. The molecule has 0 unspecified atom stereocenters. The molecular weight excluding hydrogens is 663 g/mol. The Balaban J connectivity index is 1.13. The van der Waals surface area contributed by atoms with Crippen molar-refractivity contribution in [2.24, 2.45) is 0 Å². The Kier molecular flexibility index (Phi) is 7.58. The van der Waals surface area contributed by atoms with Crippen LogP contribution >= 0.6 is 0 Å². The van der Waals surface area contributed by atoms with Crippen LogP contribution in [-0.2, 0) is 10.8 Å². The monoisotopic (exact) mass is 705 g/mol. The van der Waals surface area contributed by atoms with Crippen LogP contribution in [0.15, 0.2) is 188 Å². The zero-order chi connectivity index (χ0) is 37.3. The third-order valence-corrected chi connectivity index (χ3v) is 12.3. The molecular formula is C54H43N. The first-order valence-electron chi connectivity index (χ1n) is 19.4. The van der Waals surface area contributed by atoms with Gasteiger partial charge in [-0.3, -0.25) is 0 Å². The normalized spacial score (nSPS) is 14.1. The minimum absolute atomic E-state index is 0.0771. The highest BCUT2D eigenvalue weighted by Crippen LogP contribution is 2.55. The fraction of sp³-hybridized carbons (Fsp3) is 0.111. The molecule has 0 saturated heterocycles. The standard InChI is InChI=1S/C54H43N/c1-53(2)48-22-12-9-19-46(48)52-45(20-14-23-49(52)53)44-18-10-13-24-51(44)55(41-33-34-43-42-17-8-11-21-47(42)54(3,4)50(43)35-41)40-31-29-39(30-32-40)38-27-25-37(26-28-38)36-15-6-5-7-16-36/h5-35H,1-4H3. The van der Waals surface area contributed by atoms with Crippen molar-refractivity contribution >= 4 is 17.1 Å². The smallest absolute Gasteiger partial charge is 0.0540 e. The van der Waals surface area contributed by atoms with Crippen LogP contribution in [0.4, 0.5) is 17.1 Å². The van der Waals surface area contributed by atoms with Gasteiger partial charge in [-0.1, -0.05) is 185 Å². The molecule has 0 heterocycles. The SMILES string of the molecule is CC1(C)c2ccccc2-c2ccc(N(c3ccc(-c4ccc(-c5ccccc5)cc4)cc3)c3ccccc3-c3cccc4c3-c3ccccc3C4(C)C)cc21. The number of para-hydroxylation sites is 1. The molecule has 0 amide bonds. The summed E-state index contributed by atoms with van der Waals surface area (Å²) in [6, 6.07) is 69.5. The number of rotatable bonds is 6. The number of anilines is 3. The lowest BCUT2D eigenvalue weighted by Crippen LogP contribution is -2.17. The van der Waals surface area contributed by atoms with Crippen molar-refractivity contribution in [2.45, 2.75) is 38.5 Å². The quantitative estimate of drug-likeness (QED) is 0.166. The van der Waals surface area contributed by atoms with Gasteiger partial charge in [-0.25, -0.2) is 0 Å². The molecule has 0 aromatic heterocycles. The van der Waals surface area contributed by atoms with Gasteiger partial charge in [-0.05, 0) is 103 Å². The second kappa shape index (κ2) is 12.6. The lowest BCUT2D eigenvalue weighted by molar-refractivity contribution is 0.660. The largest absolute Gasteiger partial charge is 0.310 e. The average Bonchev–Trinajstić information content (AvgIpc) is 3.61. The van der Waals surface area contributed by atoms with Crippen LogP contribution in [0, 0.1) is 0 Å². The molecule has 0 N–H and O–H groups in total. The lowest BCUT2D eigenvalue weighted by atomic mass is 9.82. The average molecular weight is 706 g/mol. The lowest BCUT2D eigenvalue weighted by Gasteiger charge is -2.30. The van der Waals surface area contributed by atoms with Gasteiger partial charge in [0.05, 0.1) is 5.69 Å². The summed E-state index contributed by atoms with van der Waals surface area (Å²) >= 11 is 0. The Morgan fingerprint density at radius 3 is 1.45 bits per heavy atom. The summed E-state index contributed by atoms with van der Waals surface area (Å²) in [6.45, 7) is 9.45. The van der Waals surface area contributed by atoms with Gasteiger partial charge in [0.1, 0.15) is 0 Å². The van der Waals surface area contributed by atoms with Crippen LogP contribution in [0.25, 0.3) is 55.6 Å². The predicted octanol–water partition coefficient (Wildman–Crippen LogP) is 14.8. The van der Waals surface area contributed by atoms with E-state index in [9.17, 15) is 0 Å². The summed E-state index contributed by atoms with van der Waals surface area (Å²) in [6.07, 6.45) is 0. The van der Waals surface area contributed by atoms with E-state index in [2.05, 4.69) is 221 Å². The first kappa shape index (κ1) is 33.2. The molecule has 8 aromatic rings. The van der Waals surface area contributed by atoms with Crippen molar-refractivity contribution in [1.82, 2.24) is 0 Å². The van der Waals surface area contributed by atoms with E-state index >= 15 is 0 Å². The second-order valence-corrected chi connectivity index (χ2v) is 16.1. The number of hydrogen-bond acceptors (Lipinski definition) is 1. The van der Waals surface area contributed by atoms with Crippen molar-refractivity contribution in [3.05, 3.63) is 210 Å². The van der Waals surface area contributed by atoms with Crippen LogP contribution < -0.4 is 4.90 Å². The number of hydrogen-bond donors (Lipinski definition) is 0. The van der Waals surface area contributed by atoms with Crippen LogP contribution in [0.1, 0.15) is 49.9 Å². The predicted molar refractivity (Wildman–Crippen MR) is 233 cm³/mol. The van der Waals surface area contributed by atoms with Gasteiger partial charge in [0, 0.05) is 27.8 Å². The van der Waals surface area contributed by atoms with Gasteiger partial charge in [0.2, 0.25) is 0 Å². The first-order chi connectivity index (χ1) is 26.8.